The lowest BCUT2D eigenvalue weighted by atomic mass is 10.1. The summed E-state index contributed by atoms with van der Waals surface area (Å²) in [4.78, 5) is 0. The highest BCUT2D eigenvalue weighted by Crippen LogP contribution is 2.26. The number of nitrogens with one attached hydrogen (secondary N) is 1. The second-order valence-electron chi connectivity index (χ2n) is 4.14. The highest BCUT2D eigenvalue weighted by atomic mass is 35.5. The summed E-state index contributed by atoms with van der Waals surface area (Å²) in [5.74, 6) is 1.51. The van der Waals surface area contributed by atoms with Crippen LogP contribution in [0.15, 0.2) is 11.6 Å². The standard InChI is InChI=1S/C11H20ClN/c1-9(2)6-7-13-11-5-3-4-10(11)8-12/h6,10-11,13H,3-5,7-8H2,1-2H3. The Morgan fingerprint density at radius 2 is 2.23 bits per heavy atom. The van der Waals surface area contributed by atoms with Crippen molar-refractivity contribution in [1.29, 1.82) is 0 Å². The summed E-state index contributed by atoms with van der Waals surface area (Å²) in [5.41, 5.74) is 1.38. The van der Waals surface area contributed by atoms with Gasteiger partial charge in [-0.1, -0.05) is 18.1 Å². The molecule has 1 fully saturated rings. The van der Waals surface area contributed by atoms with E-state index in [-0.39, 0.29) is 0 Å². The third-order valence-corrected chi connectivity index (χ3v) is 3.14. The van der Waals surface area contributed by atoms with Gasteiger partial charge in [0.15, 0.2) is 0 Å². The first kappa shape index (κ1) is 11.1. The largest absolute Gasteiger partial charge is 0.310 e. The van der Waals surface area contributed by atoms with Gasteiger partial charge in [0.05, 0.1) is 0 Å². The molecule has 0 spiro atoms. The first-order chi connectivity index (χ1) is 6.24. The van der Waals surface area contributed by atoms with Gasteiger partial charge < -0.3 is 5.32 Å². The SMILES string of the molecule is CC(C)=CCNC1CCCC1CCl. The van der Waals surface area contributed by atoms with Gasteiger partial charge in [-0.15, -0.1) is 11.6 Å². The molecule has 1 aliphatic carbocycles. The van der Waals surface area contributed by atoms with E-state index in [9.17, 15) is 0 Å². The highest BCUT2D eigenvalue weighted by Gasteiger charge is 2.25. The lowest BCUT2D eigenvalue weighted by molar-refractivity contribution is 0.448. The average molecular weight is 202 g/mol. The van der Waals surface area contributed by atoms with E-state index >= 15 is 0 Å². The van der Waals surface area contributed by atoms with E-state index in [1.807, 2.05) is 0 Å². The van der Waals surface area contributed by atoms with Crippen LogP contribution in [0.3, 0.4) is 0 Å². The van der Waals surface area contributed by atoms with Gasteiger partial charge in [0.1, 0.15) is 0 Å². The molecule has 0 radical (unpaired) electrons. The molecule has 0 aromatic rings. The molecule has 0 saturated heterocycles. The first-order valence-electron chi connectivity index (χ1n) is 5.16. The van der Waals surface area contributed by atoms with Crippen LogP contribution in [0.5, 0.6) is 0 Å². The summed E-state index contributed by atoms with van der Waals surface area (Å²) in [6.45, 7) is 5.27. The Labute approximate surface area is 86.5 Å². The maximum absolute atomic E-state index is 5.89. The first-order valence-corrected chi connectivity index (χ1v) is 5.70. The van der Waals surface area contributed by atoms with Crippen LogP contribution in [0, 0.1) is 5.92 Å². The second kappa shape index (κ2) is 5.66. The summed E-state index contributed by atoms with van der Waals surface area (Å²) in [6.07, 6.45) is 6.18. The predicted molar refractivity (Wildman–Crippen MR) is 59.3 cm³/mol. The normalized spacial score (nSPS) is 27.6. The van der Waals surface area contributed by atoms with E-state index in [2.05, 4.69) is 25.2 Å². The van der Waals surface area contributed by atoms with E-state index in [4.69, 9.17) is 11.6 Å². The fourth-order valence-electron chi connectivity index (χ4n) is 1.90. The zero-order valence-electron chi connectivity index (χ0n) is 8.65. The molecule has 1 saturated carbocycles. The van der Waals surface area contributed by atoms with Crippen molar-refractivity contribution >= 4 is 11.6 Å². The van der Waals surface area contributed by atoms with Crippen LogP contribution in [0.25, 0.3) is 0 Å². The summed E-state index contributed by atoms with van der Waals surface area (Å²) >= 11 is 5.89. The number of rotatable bonds is 4. The molecule has 1 rings (SSSR count). The Bertz CT molecular complexity index is 173. The van der Waals surface area contributed by atoms with Gasteiger partial charge in [-0.05, 0) is 32.6 Å². The quantitative estimate of drug-likeness (QED) is 0.545. The van der Waals surface area contributed by atoms with Gasteiger partial charge in [-0.2, -0.15) is 0 Å². The maximum Gasteiger partial charge on any atom is 0.0266 e. The van der Waals surface area contributed by atoms with Crippen molar-refractivity contribution in [3.63, 3.8) is 0 Å². The van der Waals surface area contributed by atoms with Gasteiger partial charge in [0.2, 0.25) is 0 Å². The fourth-order valence-corrected chi connectivity index (χ4v) is 2.27. The topological polar surface area (TPSA) is 12.0 Å². The zero-order valence-corrected chi connectivity index (χ0v) is 9.40. The van der Waals surface area contributed by atoms with Crippen molar-refractivity contribution in [1.82, 2.24) is 5.32 Å². The van der Waals surface area contributed by atoms with E-state index < -0.39 is 0 Å². The van der Waals surface area contributed by atoms with Gasteiger partial charge in [0, 0.05) is 18.5 Å². The third kappa shape index (κ3) is 3.70. The van der Waals surface area contributed by atoms with Crippen LogP contribution in [0.4, 0.5) is 0 Å². The van der Waals surface area contributed by atoms with Crippen molar-refractivity contribution in [2.75, 3.05) is 12.4 Å². The summed E-state index contributed by atoms with van der Waals surface area (Å²) in [5, 5.41) is 3.55. The van der Waals surface area contributed by atoms with Crippen molar-refractivity contribution in [2.45, 2.75) is 39.2 Å². The zero-order chi connectivity index (χ0) is 9.68. The Kier molecular flexibility index (Phi) is 4.82. The van der Waals surface area contributed by atoms with E-state index in [1.165, 1.54) is 24.8 Å². The molecule has 76 valence electrons. The Hall–Kier alpha value is -0.0100. The molecule has 0 aromatic carbocycles. The molecule has 0 aromatic heterocycles. The molecule has 1 aliphatic rings. The van der Waals surface area contributed by atoms with Crippen LogP contribution in [0.2, 0.25) is 0 Å². The average Bonchev–Trinajstić information content (AvgIpc) is 2.51. The van der Waals surface area contributed by atoms with E-state index in [0.717, 1.165) is 12.4 Å². The minimum Gasteiger partial charge on any atom is -0.310 e. The Morgan fingerprint density at radius 1 is 1.46 bits per heavy atom. The number of hydrogen-bond donors (Lipinski definition) is 1. The molecule has 0 aliphatic heterocycles. The molecule has 2 atom stereocenters. The predicted octanol–water partition coefficient (Wildman–Crippen LogP) is 2.95. The van der Waals surface area contributed by atoms with Gasteiger partial charge in [0.25, 0.3) is 0 Å². The molecule has 1 N–H and O–H groups in total. The molecule has 2 unspecified atom stereocenters. The molecule has 13 heavy (non-hydrogen) atoms. The van der Waals surface area contributed by atoms with Crippen molar-refractivity contribution < 1.29 is 0 Å². The van der Waals surface area contributed by atoms with Crippen molar-refractivity contribution in [3.8, 4) is 0 Å². The van der Waals surface area contributed by atoms with Crippen LogP contribution < -0.4 is 5.32 Å². The second-order valence-corrected chi connectivity index (χ2v) is 4.45. The summed E-state index contributed by atoms with van der Waals surface area (Å²) in [6, 6.07) is 0.660. The summed E-state index contributed by atoms with van der Waals surface area (Å²) in [7, 11) is 0. The molecule has 1 nitrogen and oxygen atoms in total. The minimum absolute atomic E-state index is 0.660. The molecular formula is C11H20ClN. The summed E-state index contributed by atoms with van der Waals surface area (Å²) < 4.78 is 0. The smallest absolute Gasteiger partial charge is 0.0266 e. The van der Waals surface area contributed by atoms with Gasteiger partial charge in [-0.25, -0.2) is 0 Å². The third-order valence-electron chi connectivity index (χ3n) is 2.75. The molecule has 2 heteroatoms. The molecule has 0 amide bonds. The fraction of sp³-hybridized carbons (Fsp3) is 0.818. The lowest BCUT2D eigenvalue weighted by Gasteiger charge is -2.17. The lowest BCUT2D eigenvalue weighted by Crippen LogP contribution is -2.33. The minimum atomic E-state index is 0.660. The maximum atomic E-state index is 5.89. The van der Waals surface area contributed by atoms with Crippen molar-refractivity contribution in [3.05, 3.63) is 11.6 Å². The Balaban J connectivity index is 2.24. The number of alkyl halides is 1. The van der Waals surface area contributed by atoms with Crippen LogP contribution in [0.1, 0.15) is 33.1 Å². The monoisotopic (exact) mass is 201 g/mol. The Morgan fingerprint density at radius 3 is 2.85 bits per heavy atom. The van der Waals surface area contributed by atoms with Gasteiger partial charge >= 0.3 is 0 Å². The van der Waals surface area contributed by atoms with Crippen LogP contribution in [-0.2, 0) is 0 Å². The van der Waals surface area contributed by atoms with E-state index in [0.29, 0.717) is 12.0 Å². The molecule has 0 bridgehead atoms. The molecule has 0 heterocycles. The van der Waals surface area contributed by atoms with Crippen molar-refractivity contribution in [2.24, 2.45) is 5.92 Å². The molecular weight excluding hydrogens is 182 g/mol. The van der Waals surface area contributed by atoms with Crippen LogP contribution in [-0.4, -0.2) is 18.5 Å². The van der Waals surface area contributed by atoms with Gasteiger partial charge in [-0.3, -0.25) is 0 Å². The number of allylic oxidation sites excluding steroid dienone is 1. The van der Waals surface area contributed by atoms with E-state index in [1.54, 1.807) is 0 Å². The number of halogens is 1. The van der Waals surface area contributed by atoms with Crippen LogP contribution >= 0.6 is 11.6 Å². The number of hydrogen-bond acceptors (Lipinski definition) is 1. The highest BCUT2D eigenvalue weighted by molar-refractivity contribution is 6.18.